The molecule has 2 rings (SSSR count). The first-order chi connectivity index (χ1) is 9.45. The Morgan fingerprint density at radius 1 is 1.38 bits per heavy atom. The summed E-state index contributed by atoms with van der Waals surface area (Å²) in [6.45, 7) is 7.88. The normalized spacial score (nSPS) is 16.4. The van der Waals surface area contributed by atoms with Gasteiger partial charge in [0.15, 0.2) is 0 Å². The number of hydrogen-bond donors (Lipinski definition) is 2. The van der Waals surface area contributed by atoms with Crippen molar-refractivity contribution in [2.45, 2.75) is 26.3 Å². The molecule has 21 heavy (non-hydrogen) atoms. The van der Waals surface area contributed by atoms with Crippen LogP contribution in [0.1, 0.15) is 26.3 Å². The zero-order chi connectivity index (χ0) is 14.8. The summed E-state index contributed by atoms with van der Waals surface area (Å²) in [6.07, 6.45) is 0. The summed E-state index contributed by atoms with van der Waals surface area (Å²) < 4.78 is 5.39. The zero-order valence-corrected chi connectivity index (χ0v) is 13.9. The Bertz CT molecular complexity index is 487. The molecule has 1 aromatic rings. The van der Waals surface area contributed by atoms with Gasteiger partial charge in [0.1, 0.15) is 5.75 Å². The number of nitrogens with one attached hydrogen (secondary N) is 2. The molecule has 1 heterocycles. The van der Waals surface area contributed by atoms with E-state index in [1.165, 1.54) is 0 Å². The molecule has 0 aromatic heterocycles. The average Bonchev–Trinajstić information content (AvgIpc) is 2.36. The van der Waals surface area contributed by atoms with Crippen LogP contribution in [0.3, 0.4) is 0 Å². The standard InChI is InChI=1S/C16H24N2O2.ClH/c1-11(12-9-17-10-12)15(19)18-16(2,3)13-7-5-6-8-14(13)20-4;/h5-8,11-12,17H,9-10H2,1-4H3,(H,18,19);1H. The van der Waals surface area contributed by atoms with Crippen LogP contribution in [0.15, 0.2) is 24.3 Å². The minimum absolute atomic E-state index is 0. The molecular formula is C16H25ClN2O2. The van der Waals surface area contributed by atoms with E-state index in [9.17, 15) is 4.79 Å². The number of rotatable bonds is 5. The number of amides is 1. The Morgan fingerprint density at radius 2 is 2.00 bits per heavy atom. The van der Waals surface area contributed by atoms with Crippen LogP contribution in [0.2, 0.25) is 0 Å². The van der Waals surface area contributed by atoms with Gasteiger partial charge in [-0.05, 0) is 38.9 Å². The predicted molar refractivity (Wildman–Crippen MR) is 86.9 cm³/mol. The van der Waals surface area contributed by atoms with Crippen LogP contribution in [0.5, 0.6) is 5.75 Å². The van der Waals surface area contributed by atoms with Crippen LogP contribution < -0.4 is 15.4 Å². The highest BCUT2D eigenvalue weighted by atomic mass is 35.5. The molecule has 0 saturated carbocycles. The number of hydrogen-bond acceptors (Lipinski definition) is 3. The summed E-state index contributed by atoms with van der Waals surface area (Å²) in [5.74, 6) is 1.39. The monoisotopic (exact) mass is 312 g/mol. The van der Waals surface area contributed by atoms with E-state index in [0.717, 1.165) is 24.4 Å². The molecule has 0 bridgehead atoms. The van der Waals surface area contributed by atoms with Gasteiger partial charge in [0.2, 0.25) is 5.91 Å². The van der Waals surface area contributed by atoms with Crippen LogP contribution in [-0.4, -0.2) is 26.1 Å². The maximum Gasteiger partial charge on any atom is 0.223 e. The van der Waals surface area contributed by atoms with Gasteiger partial charge in [-0.25, -0.2) is 0 Å². The second-order valence-electron chi connectivity index (χ2n) is 6.02. The average molecular weight is 313 g/mol. The van der Waals surface area contributed by atoms with Crippen molar-refractivity contribution >= 4 is 18.3 Å². The third kappa shape index (κ3) is 3.89. The van der Waals surface area contributed by atoms with Gasteiger partial charge in [0.05, 0.1) is 12.6 Å². The maximum atomic E-state index is 12.4. The molecule has 0 spiro atoms. The van der Waals surface area contributed by atoms with Gasteiger partial charge >= 0.3 is 0 Å². The van der Waals surface area contributed by atoms with Crippen molar-refractivity contribution < 1.29 is 9.53 Å². The van der Waals surface area contributed by atoms with E-state index in [1.807, 2.05) is 45.0 Å². The quantitative estimate of drug-likeness (QED) is 0.877. The Balaban J connectivity index is 0.00000220. The van der Waals surface area contributed by atoms with Crippen molar-refractivity contribution in [2.75, 3.05) is 20.2 Å². The third-order valence-corrected chi connectivity index (χ3v) is 4.15. The predicted octanol–water partition coefficient (Wildman–Crippen LogP) is 2.32. The highest BCUT2D eigenvalue weighted by Gasteiger charge is 2.33. The number of methoxy groups -OCH3 is 1. The third-order valence-electron chi connectivity index (χ3n) is 4.15. The van der Waals surface area contributed by atoms with Gasteiger partial charge in [-0.1, -0.05) is 25.1 Å². The molecule has 1 aromatic carbocycles. The molecule has 1 amide bonds. The fourth-order valence-corrected chi connectivity index (χ4v) is 2.53. The first-order valence-corrected chi connectivity index (χ1v) is 7.12. The van der Waals surface area contributed by atoms with Crippen LogP contribution in [-0.2, 0) is 10.3 Å². The summed E-state index contributed by atoms with van der Waals surface area (Å²) in [6, 6.07) is 7.81. The van der Waals surface area contributed by atoms with Gasteiger partial charge in [-0.2, -0.15) is 0 Å². The first kappa shape index (κ1) is 17.8. The van der Waals surface area contributed by atoms with Gasteiger partial charge in [0.25, 0.3) is 0 Å². The molecule has 1 unspecified atom stereocenters. The summed E-state index contributed by atoms with van der Waals surface area (Å²) in [4.78, 5) is 12.4. The second-order valence-corrected chi connectivity index (χ2v) is 6.02. The second kappa shape index (κ2) is 7.14. The number of halogens is 1. The van der Waals surface area contributed by atoms with Gasteiger partial charge in [-0.15, -0.1) is 12.4 Å². The zero-order valence-electron chi connectivity index (χ0n) is 13.1. The summed E-state index contributed by atoms with van der Waals surface area (Å²) >= 11 is 0. The van der Waals surface area contributed by atoms with Crippen molar-refractivity contribution in [1.82, 2.24) is 10.6 Å². The molecule has 5 heteroatoms. The number of carbonyl (C=O) groups is 1. The molecule has 1 aliphatic rings. The van der Waals surface area contributed by atoms with Gasteiger partial charge in [0, 0.05) is 11.5 Å². The fraction of sp³-hybridized carbons (Fsp3) is 0.562. The molecule has 0 aliphatic carbocycles. The lowest BCUT2D eigenvalue weighted by atomic mass is 9.86. The topological polar surface area (TPSA) is 50.4 Å². The van der Waals surface area contributed by atoms with Crippen molar-refractivity contribution in [2.24, 2.45) is 11.8 Å². The maximum absolute atomic E-state index is 12.4. The van der Waals surface area contributed by atoms with E-state index < -0.39 is 5.54 Å². The number of ether oxygens (including phenoxy) is 1. The lowest BCUT2D eigenvalue weighted by Crippen LogP contribution is -2.52. The Labute approximate surface area is 133 Å². The van der Waals surface area contributed by atoms with E-state index in [-0.39, 0.29) is 24.2 Å². The molecule has 118 valence electrons. The number of benzene rings is 1. The molecule has 0 radical (unpaired) electrons. The number of para-hydroxylation sites is 1. The number of carbonyl (C=O) groups excluding carboxylic acids is 1. The van der Waals surface area contributed by atoms with Crippen LogP contribution in [0.25, 0.3) is 0 Å². The summed E-state index contributed by atoms with van der Waals surface area (Å²) in [5.41, 5.74) is 0.546. The lowest BCUT2D eigenvalue weighted by Gasteiger charge is -2.35. The Hall–Kier alpha value is -1.26. The summed E-state index contributed by atoms with van der Waals surface area (Å²) in [5, 5.41) is 6.36. The van der Waals surface area contributed by atoms with Crippen molar-refractivity contribution in [3.05, 3.63) is 29.8 Å². The van der Waals surface area contributed by atoms with E-state index in [4.69, 9.17) is 4.74 Å². The molecule has 1 aliphatic heterocycles. The van der Waals surface area contributed by atoms with E-state index in [2.05, 4.69) is 10.6 Å². The lowest BCUT2D eigenvalue weighted by molar-refractivity contribution is -0.128. The largest absolute Gasteiger partial charge is 0.496 e. The first-order valence-electron chi connectivity index (χ1n) is 7.12. The van der Waals surface area contributed by atoms with Crippen molar-refractivity contribution in [3.63, 3.8) is 0 Å². The van der Waals surface area contributed by atoms with Crippen LogP contribution in [0, 0.1) is 11.8 Å². The minimum atomic E-state index is -0.449. The molecule has 1 saturated heterocycles. The van der Waals surface area contributed by atoms with E-state index in [1.54, 1.807) is 7.11 Å². The molecular weight excluding hydrogens is 288 g/mol. The van der Waals surface area contributed by atoms with E-state index in [0.29, 0.717) is 5.92 Å². The van der Waals surface area contributed by atoms with Crippen LogP contribution >= 0.6 is 12.4 Å². The highest BCUT2D eigenvalue weighted by Crippen LogP contribution is 2.30. The smallest absolute Gasteiger partial charge is 0.223 e. The van der Waals surface area contributed by atoms with Gasteiger partial charge < -0.3 is 15.4 Å². The molecule has 1 fully saturated rings. The molecule has 2 N–H and O–H groups in total. The fourth-order valence-electron chi connectivity index (χ4n) is 2.53. The minimum Gasteiger partial charge on any atom is -0.496 e. The molecule has 1 atom stereocenters. The van der Waals surface area contributed by atoms with Crippen molar-refractivity contribution in [1.29, 1.82) is 0 Å². The SMILES string of the molecule is COc1ccccc1C(C)(C)NC(=O)C(C)C1CNC1.Cl. The highest BCUT2D eigenvalue weighted by molar-refractivity contribution is 5.85. The summed E-state index contributed by atoms with van der Waals surface area (Å²) in [7, 11) is 1.65. The molecule has 4 nitrogen and oxygen atoms in total. The van der Waals surface area contributed by atoms with Crippen LogP contribution in [0.4, 0.5) is 0 Å². The Morgan fingerprint density at radius 3 is 2.52 bits per heavy atom. The van der Waals surface area contributed by atoms with Crippen molar-refractivity contribution in [3.8, 4) is 5.75 Å². The Kier molecular flexibility index (Phi) is 6.05. The van der Waals surface area contributed by atoms with E-state index >= 15 is 0 Å². The van der Waals surface area contributed by atoms with Gasteiger partial charge in [-0.3, -0.25) is 4.79 Å².